The van der Waals surface area contributed by atoms with E-state index in [4.69, 9.17) is 15.2 Å². The molecule has 0 atom stereocenters. The van der Waals surface area contributed by atoms with Gasteiger partial charge in [-0.3, -0.25) is 0 Å². The Kier molecular flexibility index (Phi) is 5.61. The smallest absolute Gasteiger partial charge is 0.246 e. The van der Waals surface area contributed by atoms with Gasteiger partial charge in [-0.15, -0.1) is 0 Å². The summed E-state index contributed by atoms with van der Waals surface area (Å²) in [6.45, 7) is 4.56. The van der Waals surface area contributed by atoms with Gasteiger partial charge in [0.15, 0.2) is 0 Å². The third-order valence-electron chi connectivity index (χ3n) is 3.26. The molecule has 0 radical (unpaired) electrons. The highest BCUT2D eigenvalue weighted by Gasteiger charge is 2.29. The third kappa shape index (κ3) is 4.09. The number of nitrogens with zero attached hydrogens (tertiary/aromatic N) is 1. The first-order valence-corrected chi connectivity index (χ1v) is 8.00. The monoisotopic (exact) mass is 316 g/mol. The summed E-state index contributed by atoms with van der Waals surface area (Å²) in [6.07, 6.45) is 0. The minimum absolute atomic E-state index is 0.112. The molecule has 0 fully saturated rings. The number of nitrogens with two attached hydrogens (primary N) is 1. The van der Waals surface area contributed by atoms with E-state index in [0.29, 0.717) is 18.8 Å². The Balaban J connectivity index is 3.18. The Morgan fingerprint density at radius 3 is 2.33 bits per heavy atom. The van der Waals surface area contributed by atoms with Crippen molar-refractivity contribution in [3.63, 3.8) is 0 Å². The molecule has 0 aliphatic rings. The maximum Gasteiger partial charge on any atom is 0.246 e. The van der Waals surface area contributed by atoms with Crippen LogP contribution in [-0.2, 0) is 10.0 Å². The summed E-state index contributed by atoms with van der Waals surface area (Å²) in [4.78, 5) is 0.112. The highest BCUT2D eigenvalue weighted by molar-refractivity contribution is 7.89. The van der Waals surface area contributed by atoms with Crippen molar-refractivity contribution in [2.75, 3.05) is 34.4 Å². The van der Waals surface area contributed by atoms with Gasteiger partial charge in [0, 0.05) is 19.7 Å². The quantitative estimate of drug-likeness (QED) is 0.820. The molecular formula is C14H24N2O4S. The predicted octanol–water partition coefficient (Wildman–Crippen LogP) is 1.31. The van der Waals surface area contributed by atoms with Crippen LogP contribution >= 0.6 is 0 Å². The average molecular weight is 316 g/mol. The highest BCUT2D eigenvalue weighted by Crippen LogP contribution is 2.31. The molecule has 1 aromatic carbocycles. The summed E-state index contributed by atoms with van der Waals surface area (Å²) in [5.41, 5.74) is 5.36. The van der Waals surface area contributed by atoms with Gasteiger partial charge in [-0.2, -0.15) is 0 Å². The number of sulfonamides is 1. The summed E-state index contributed by atoms with van der Waals surface area (Å²) >= 11 is 0. The molecule has 0 heterocycles. The second kappa shape index (κ2) is 6.64. The molecule has 0 aliphatic heterocycles. The Labute approximate surface area is 126 Å². The fourth-order valence-electron chi connectivity index (χ4n) is 1.91. The number of hydrogen-bond donors (Lipinski definition) is 1. The number of methoxy groups -OCH3 is 2. The van der Waals surface area contributed by atoms with Crippen LogP contribution < -0.4 is 15.2 Å². The lowest BCUT2D eigenvalue weighted by atomic mass is 9.94. The second-order valence-corrected chi connectivity index (χ2v) is 7.66. The number of ether oxygens (including phenoxy) is 2. The molecule has 21 heavy (non-hydrogen) atoms. The van der Waals surface area contributed by atoms with Gasteiger partial charge in [-0.05, 0) is 24.1 Å². The zero-order valence-corrected chi connectivity index (χ0v) is 14.0. The van der Waals surface area contributed by atoms with E-state index in [9.17, 15) is 8.42 Å². The normalized spacial score (nSPS) is 12.5. The van der Waals surface area contributed by atoms with Gasteiger partial charge in [0.05, 0.1) is 14.2 Å². The Bertz CT molecular complexity index is 585. The summed E-state index contributed by atoms with van der Waals surface area (Å²) < 4.78 is 36.9. The van der Waals surface area contributed by atoms with Crippen molar-refractivity contribution in [2.45, 2.75) is 18.7 Å². The predicted molar refractivity (Wildman–Crippen MR) is 82.2 cm³/mol. The van der Waals surface area contributed by atoms with Crippen LogP contribution in [0.25, 0.3) is 0 Å². The lowest BCUT2D eigenvalue weighted by Crippen LogP contribution is -2.39. The van der Waals surface area contributed by atoms with Crippen LogP contribution in [0.15, 0.2) is 23.1 Å². The van der Waals surface area contributed by atoms with E-state index in [1.54, 1.807) is 12.1 Å². The molecule has 7 heteroatoms. The summed E-state index contributed by atoms with van der Waals surface area (Å²) in [5, 5.41) is 0. The topological polar surface area (TPSA) is 81.9 Å². The summed E-state index contributed by atoms with van der Waals surface area (Å²) in [6, 6.07) is 4.63. The van der Waals surface area contributed by atoms with Crippen LogP contribution in [0.3, 0.4) is 0 Å². The van der Waals surface area contributed by atoms with Gasteiger partial charge in [0.2, 0.25) is 10.0 Å². The van der Waals surface area contributed by atoms with Gasteiger partial charge >= 0.3 is 0 Å². The summed E-state index contributed by atoms with van der Waals surface area (Å²) in [5.74, 6) is 0.794. The lowest BCUT2D eigenvalue weighted by Gasteiger charge is -2.28. The van der Waals surface area contributed by atoms with Gasteiger partial charge in [0.1, 0.15) is 16.4 Å². The molecule has 0 aromatic heterocycles. The van der Waals surface area contributed by atoms with Crippen molar-refractivity contribution in [1.82, 2.24) is 4.31 Å². The van der Waals surface area contributed by atoms with Crippen LogP contribution in [0.4, 0.5) is 0 Å². The molecule has 2 N–H and O–H groups in total. The zero-order chi connectivity index (χ0) is 16.3. The molecule has 0 saturated carbocycles. The van der Waals surface area contributed by atoms with Crippen LogP contribution in [0, 0.1) is 5.41 Å². The van der Waals surface area contributed by atoms with E-state index >= 15 is 0 Å². The molecule has 120 valence electrons. The minimum atomic E-state index is -3.65. The van der Waals surface area contributed by atoms with Crippen LogP contribution in [-0.4, -0.2) is 47.1 Å². The molecule has 1 aromatic rings. The van der Waals surface area contributed by atoms with E-state index in [2.05, 4.69) is 0 Å². The van der Waals surface area contributed by atoms with Crippen LogP contribution in [0.1, 0.15) is 13.8 Å². The molecule has 0 amide bonds. The van der Waals surface area contributed by atoms with Gasteiger partial charge in [0.25, 0.3) is 0 Å². The standard InChI is InChI=1S/C14H24N2O4S/c1-14(2,9-15)10-16(3)21(17,18)13-7-6-11(19-4)8-12(13)20-5/h6-8H,9-10,15H2,1-5H3. The molecule has 0 bridgehead atoms. The number of hydrogen-bond acceptors (Lipinski definition) is 5. The number of rotatable bonds is 7. The third-order valence-corrected chi connectivity index (χ3v) is 5.11. The van der Waals surface area contributed by atoms with Crippen molar-refractivity contribution in [1.29, 1.82) is 0 Å². The SMILES string of the molecule is COc1ccc(S(=O)(=O)N(C)CC(C)(C)CN)c(OC)c1. The lowest BCUT2D eigenvalue weighted by molar-refractivity contribution is 0.291. The van der Waals surface area contributed by atoms with Crippen molar-refractivity contribution in [3.8, 4) is 11.5 Å². The summed E-state index contributed by atoms with van der Waals surface area (Å²) in [7, 11) is 0.826. The van der Waals surface area contributed by atoms with E-state index in [1.165, 1.54) is 31.6 Å². The van der Waals surface area contributed by atoms with E-state index < -0.39 is 10.0 Å². The van der Waals surface area contributed by atoms with Gasteiger partial charge < -0.3 is 15.2 Å². The average Bonchev–Trinajstić information content (AvgIpc) is 2.45. The van der Waals surface area contributed by atoms with Gasteiger partial charge in [-0.1, -0.05) is 13.8 Å². The second-order valence-electron chi connectivity index (χ2n) is 5.65. The van der Waals surface area contributed by atoms with Crippen molar-refractivity contribution in [2.24, 2.45) is 11.1 Å². The fraction of sp³-hybridized carbons (Fsp3) is 0.571. The van der Waals surface area contributed by atoms with Crippen LogP contribution in [0.2, 0.25) is 0 Å². The highest BCUT2D eigenvalue weighted by atomic mass is 32.2. The van der Waals surface area contributed by atoms with Crippen molar-refractivity contribution >= 4 is 10.0 Å². The first kappa shape index (κ1) is 17.7. The first-order valence-electron chi connectivity index (χ1n) is 6.56. The minimum Gasteiger partial charge on any atom is -0.497 e. The Hall–Kier alpha value is -1.31. The largest absolute Gasteiger partial charge is 0.497 e. The molecule has 1 rings (SSSR count). The Morgan fingerprint density at radius 1 is 1.24 bits per heavy atom. The molecule has 0 unspecified atom stereocenters. The van der Waals surface area contributed by atoms with Crippen molar-refractivity contribution < 1.29 is 17.9 Å². The molecule has 0 saturated heterocycles. The molecule has 0 aliphatic carbocycles. The molecular weight excluding hydrogens is 292 g/mol. The molecule has 0 spiro atoms. The van der Waals surface area contributed by atoms with Crippen molar-refractivity contribution in [3.05, 3.63) is 18.2 Å². The fourth-order valence-corrected chi connectivity index (χ4v) is 3.40. The zero-order valence-electron chi connectivity index (χ0n) is 13.2. The first-order chi connectivity index (χ1) is 9.67. The maximum absolute atomic E-state index is 12.7. The van der Waals surface area contributed by atoms with E-state index in [1.807, 2.05) is 13.8 Å². The molecule has 6 nitrogen and oxygen atoms in total. The Morgan fingerprint density at radius 2 is 1.86 bits per heavy atom. The van der Waals surface area contributed by atoms with Gasteiger partial charge in [-0.25, -0.2) is 12.7 Å². The van der Waals surface area contributed by atoms with E-state index in [0.717, 1.165) is 0 Å². The maximum atomic E-state index is 12.7. The van der Waals surface area contributed by atoms with Crippen LogP contribution in [0.5, 0.6) is 11.5 Å². The van der Waals surface area contributed by atoms with E-state index in [-0.39, 0.29) is 16.1 Å². The number of benzene rings is 1.